The maximum atomic E-state index is 12.1. The third-order valence-corrected chi connectivity index (χ3v) is 4.13. The summed E-state index contributed by atoms with van der Waals surface area (Å²) in [6.45, 7) is 2.55. The Bertz CT molecular complexity index is 438. The van der Waals surface area contributed by atoms with Crippen molar-refractivity contribution in [2.45, 2.75) is 30.4 Å². The van der Waals surface area contributed by atoms with Gasteiger partial charge >= 0.3 is 0 Å². The summed E-state index contributed by atoms with van der Waals surface area (Å²) in [6.07, 6.45) is 0.418. The van der Waals surface area contributed by atoms with Crippen molar-refractivity contribution in [3.05, 3.63) is 24.3 Å². The van der Waals surface area contributed by atoms with Gasteiger partial charge < -0.3 is 14.8 Å². The van der Waals surface area contributed by atoms with Crippen LogP contribution in [-0.2, 0) is 9.53 Å². The Morgan fingerprint density at radius 3 is 3.11 bits per heavy atom. The van der Waals surface area contributed by atoms with Gasteiger partial charge in [0.15, 0.2) is 6.10 Å². The fourth-order valence-electron chi connectivity index (χ4n) is 1.91. The standard InChI is InChI=1S/C14H19NO3S/c1-3-10(8-17-2)15-14(16)12-9-19-13-7-5-4-6-11(13)18-12/h4-7,10,12H,3,8-9H2,1-2H3,(H,15,16)/t10-,12+/m1/s1. The molecule has 19 heavy (non-hydrogen) atoms. The van der Waals surface area contributed by atoms with Crippen LogP contribution in [0.3, 0.4) is 0 Å². The molecule has 0 spiro atoms. The van der Waals surface area contributed by atoms with E-state index < -0.39 is 6.10 Å². The molecule has 0 aromatic heterocycles. The summed E-state index contributed by atoms with van der Waals surface area (Å²) in [4.78, 5) is 13.2. The minimum absolute atomic E-state index is 0.0447. The van der Waals surface area contributed by atoms with E-state index in [1.165, 1.54) is 0 Å². The largest absolute Gasteiger partial charge is 0.479 e. The van der Waals surface area contributed by atoms with Gasteiger partial charge in [0.2, 0.25) is 0 Å². The van der Waals surface area contributed by atoms with E-state index in [2.05, 4.69) is 5.32 Å². The third-order valence-electron chi connectivity index (χ3n) is 3.01. The van der Waals surface area contributed by atoms with Gasteiger partial charge in [0.25, 0.3) is 5.91 Å². The Balaban J connectivity index is 1.95. The SMILES string of the molecule is CC[C@H](COC)NC(=O)[C@@H]1CSc2ccccc2O1. The van der Waals surface area contributed by atoms with Gasteiger partial charge in [-0.1, -0.05) is 19.1 Å². The van der Waals surface area contributed by atoms with Gasteiger partial charge in [-0.2, -0.15) is 0 Å². The molecule has 1 aromatic carbocycles. The number of ether oxygens (including phenoxy) is 2. The topological polar surface area (TPSA) is 47.6 Å². The van der Waals surface area contributed by atoms with Gasteiger partial charge in [-0.05, 0) is 18.6 Å². The van der Waals surface area contributed by atoms with E-state index in [1.807, 2.05) is 31.2 Å². The number of rotatable bonds is 5. The molecule has 4 nitrogen and oxygen atoms in total. The maximum absolute atomic E-state index is 12.1. The Morgan fingerprint density at radius 1 is 1.58 bits per heavy atom. The van der Waals surface area contributed by atoms with Crippen LogP contribution < -0.4 is 10.1 Å². The summed E-state index contributed by atoms with van der Waals surface area (Å²) in [5.74, 6) is 1.37. The second kappa shape index (κ2) is 6.82. The van der Waals surface area contributed by atoms with E-state index in [4.69, 9.17) is 9.47 Å². The number of methoxy groups -OCH3 is 1. The molecule has 0 unspecified atom stereocenters. The van der Waals surface area contributed by atoms with E-state index >= 15 is 0 Å². The van der Waals surface area contributed by atoms with E-state index in [0.717, 1.165) is 17.1 Å². The van der Waals surface area contributed by atoms with Crippen LogP contribution in [0.4, 0.5) is 0 Å². The zero-order valence-corrected chi connectivity index (χ0v) is 12.0. The summed E-state index contributed by atoms with van der Waals surface area (Å²) in [6, 6.07) is 7.84. The van der Waals surface area contributed by atoms with Crippen molar-refractivity contribution in [2.24, 2.45) is 0 Å². The summed E-state index contributed by atoms with van der Waals surface area (Å²) >= 11 is 1.66. The van der Waals surface area contributed by atoms with Crippen LogP contribution in [-0.4, -0.2) is 37.5 Å². The quantitative estimate of drug-likeness (QED) is 0.897. The monoisotopic (exact) mass is 281 g/mol. The molecule has 104 valence electrons. The van der Waals surface area contributed by atoms with Crippen LogP contribution in [0, 0.1) is 0 Å². The highest BCUT2D eigenvalue weighted by atomic mass is 32.2. The Kier molecular flexibility index (Phi) is 5.10. The van der Waals surface area contributed by atoms with Crippen LogP contribution in [0.2, 0.25) is 0 Å². The minimum Gasteiger partial charge on any atom is -0.479 e. The molecule has 1 aliphatic rings. The average molecular weight is 281 g/mol. The fourth-order valence-corrected chi connectivity index (χ4v) is 2.89. The summed E-state index contributed by atoms with van der Waals surface area (Å²) < 4.78 is 10.8. The van der Waals surface area contributed by atoms with Crippen molar-refractivity contribution in [2.75, 3.05) is 19.5 Å². The summed E-state index contributed by atoms with van der Waals surface area (Å²) in [5, 5.41) is 2.97. The second-order valence-corrected chi connectivity index (χ2v) is 5.50. The van der Waals surface area contributed by atoms with Crippen molar-refractivity contribution in [3.63, 3.8) is 0 Å². The Labute approximate surface area is 117 Å². The molecule has 0 bridgehead atoms. The Hall–Kier alpha value is -1.20. The predicted molar refractivity (Wildman–Crippen MR) is 75.7 cm³/mol. The molecular formula is C14H19NO3S. The van der Waals surface area contributed by atoms with Crippen LogP contribution in [0.25, 0.3) is 0 Å². The molecule has 1 N–H and O–H groups in total. The minimum atomic E-state index is -0.425. The molecule has 5 heteroatoms. The van der Waals surface area contributed by atoms with E-state index in [-0.39, 0.29) is 11.9 Å². The van der Waals surface area contributed by atoms with Gasteiger partial charge in [0.05, 0.1) is 12.6 Å². The van der Waals surface area contributed by atoms with Crippen molar-refractivity contribution in [1.29, 1.82) is 0 Å². The third kappa shape index (κ3) is 3.64. The average Bonchev–Trinajstić information content (AvgIpc) is 2.46. The maximum Gasteiger partial charge on any atom is 0.262 e. The first-order valence-corrected chi connectivity index (χ1v) is 7.41. The number of carbonyl (C=O) groups excluding carboxylic acids is 1. The van der Waals surface area contributed by atoms with Gasteiger partial charge in [-0.15, -0.1) is 11.8 Å². The highest BCUT2D eigenvalue weighted by molar-refractivity contribution is 7.99. The molecule has 0 fully saturated rings. The van der Waals surface area contributed by atoms with Crippen LogP contribution in [0.15, 0.2) is 29.2 Å². The van der Waals surface area contributed by atoms with Crippen molar-refractivity contribution < 1.29 is 14.3 Å². The van der Waals surface area contributed by atoms with Crippen LogP contribution in [0.5, 0.6) is 5.75 Å². The molecule has 1 aliphatic heterocycles. The first-order valence-electron chi connectivity index (χ1n) is 6.42. The first kappa shape index (κ1) is 14.2. The van der Waals surface area contributed by atoms with Gasteiger partial charge in [-0.25, -0.2) is 0 Å². The van der Waals surface area contributed by atoms with E-state index in [1.54, 1.807) is 18.9 Å². The number of amides is 1. The predicted octanol–water partition coefficient (Wildman–Crippen LogP) is 2.08. The van der Waals surface area contributed by atoms with E-state index in [0.29, 0.717) is 12.4 Å². The molecule has 1 heterocycles. The van der Waals surface area contributed by atoms with Gasteiger partial charge in [-0.3, -0.25) is 4.79 Å². The van der Waals surface area contributed by atoms with Crippen molar-refractivity contribution in [1.82, 2.24) is 5.32 Å². The molecule has 2 rings (SSSR count). The first-order chi connectivity index (χ1) is 9.24. The van der Waals surface area contributed by atoms with Gasteiger partial charge in [0.1, 0.15) is 5.75 Å². The van der Waals surface area contributed by atoms with Crippen LogP contribution in [0.1, 0.15) is 13.3 Å². The summed E-state index contributed by atoms with van der Waals surface area (Å²) in [7, 11) is 1.64. The number of carbonyl (C=O) groups is 1. The number of hydrogen-bond acceptors (Lipinski definition) is 4. The van der Waals surface area contributed by atoms with Gasteiger partial charge in [0, 0.05) is 17.8 Å². The lowest BCUT2D eigenvalue weighted by Gasteiger charge is -2.26. The fraction of sp³-hybridized carbons (Fsp3) is 0.500. The Morgan fingerprint density at radius 2 is 2.37 bits per heavy atom. The highest BCUT2D eigenvalue weighted by Crippen LogP contribution is 2.34. The molecule has 0 radical (unpaired) electrons. The number of para-hydroxylation sites is 1. The number of nitrogens with one attached hydrogen (secondary N) is 1. The molecule has 0 aliphatic carbocycles. The lowest BCUT2D eigenvalue weighted by Crippen LogP contribution is -2.47. The summed E-state index contributed by atoms with van der Waals surface area (Å²) in [5.41, 5.74) is 0. The van der Waals surface area contributed by atoms with Crippen LogP contribution >= 0.6 is 11.8 Å². The van der Waals surface area contributed by atoms with E-state index in [9.17, 15) is 4.79 Å². The smallest absolute Gasteiger partial charge is 0.262 e. The number of thioether (sulfide) groups is 1. The zero-order valence-electron chi connectivity index (χ0n) is 11.2. The molecular weight excluding hydrogens is 262 g/mol. The zero-order chi connectivity index (χ0) is 13.7. The number of fused-ring (bicyclic) bond motifs is 1. The normalized spacial score (nSPS) is 19.2. The lowest BCUT2D eigenvalue weighted by molar-refractivity contribution is -0.128. The molecule has 1 aromatic rings. The molecule has 0 saturated heterocycles. The molecule has 1 amide bonds. The highest BCUT2D eigenvalue weighted by Gasteiger charge is 2.27. The molecule has 0 saturated carbocycles. The number of hydrogen-bond donors (Lipinski definition) is 1. The number of benzene rings is 1. The molecule has 2 atom stereocenters. The van der Waals surface area contributed by atoms with Crippen molar-refractivity contribution >= 4 is 17.7 Å². The lowest BCUT2D eigenvalue weighted by atomic mass is 10.2. The second-order valence-electron chi connectivity index (χ2n) is 4.43. The van der Waals surface area contributed by atoms with Crippen molar-refractivity contribution in [3.8, 4) is 5.75 Å².